The number of carbonyl (C=O) groups is 3. The number of hydrogen-bond donors (Lipinski definition) is 2. The molecule has 2 heterocycles. The Kier molecular flexibility index (Phi) is 7.39. The van der Waals surface area contributed by atoms with E-state index in [0.717, 1.165) is 11.3 Å². The van der Waals surface area contributed by atoms with Crippen molar-refractivity contribution in [3.8, 4) is 5.75 Å². The van der Waals surface area contributed by atoms with Crippen LogP contribution >= 0.6 is 22.9 Å². The first-order valence-corrected chi connectivity index (χ1v) is 11.8. The van der Waals surface area contributed by atoms with Crippen molar-refractivity contribution < 1.29 is 19.1 Å². The minimum atomic E-state index is -0.464. The lowest BCUT2D eigenvalue weighted by Gasteiger charge is -2.31. The van der Waals surface area contributed by atoms with Crippen LogP contribution in [-0.4, -0.2) is 53.0 Å². The summed E-state index contributed by atoms with van der Waals surface area (Å²) in [4.78, 5) is 39.7. The smallest absolute Gasteiger partial charge is 0.286 e. The van der Waals surface area contributed by atoms with Gasteiger partial charge < -0.3 is 20.3 Å². The fraction of sp³-hybridized carbons (Fsp3) is 0.261. The van der Waals surface area contributed by atoms with Crippen LogP contribution in [0.25, 0.3) is 0 Å². The Hall–Kier alpha value is -3.50. The summed E-state index contributed by atoms with van der Waals surface area (Å²) in [5, 5.41) is 14.1. The molecule has 0 bridgehead atoms. The highest BCUT2D eigenvalue weighted by atomic mass is 35.5. The third-order valence-electron chi connectivity index (χ3n) is 5.34. The number of likely N-dealkylation sites (tertiary alicyclic amines) is 1. The lowest BCUT2D eigenvalue weighted by atomic mass is 9.97. The number of piperidine rings is 1. The number of nitrogens with zero attached hydrogens (tertiary/aromatic N) is 3. The van der Waals surface area contributed by atoms with E-state index in [-0.39, 0.29) is 34.3 Å². The topological polar surface area (TPSA) is 114 Å². The van der Waals surface area contributed by atoms with Gasteiger partial charge in [0.05, 0.1) is 13.0 Å². The number of carbonyl (C=O) groups excluding carboxylic acids is 3. The van der Waals surface area contributed by atoms with Crippen molar-refractivity contribution in [3.63, 3.8) is 0 Å². The molecule has 1 fully saturated rings. The summed E-state index contributed by atoms with van der Waals surface area (Å²) in [5.74, 6) is -0.603. The van der Waals surface area contributed by atoms with Crippen molar-refractivity contribution in [1.29, 1.82) is 0 Å². The van der Waals surface area contributed by atoms with E-state index in [1.54, 1.807) is 60.5 Å². The summed E-state index contributed by atoms with van der Waals surface area (Å²) >= 11 is 6.77. The van der Waals surface area contributed by atoms with E-state index in [2.05, 4.69) is 20.8 Å². The Morgan fingerprint density at radius 2 is 1.65 bits per heavy atom. The van der Waals surface area contributed by atoms with Gasteiger partial charge in [-0.3, -0.25) is 14.4 Å². The highest BCUT2D eigenvalue weighted by molar-refractivity contribution is 7.15. The summed E-state index contributed by atoms with van der Waals surface area (Å²) in [6.07, 6.45) is 1.37. The molecule has 2 N–H and O–H groups in total. The number of amides is 3. The molecule has 1 atom stereocenters. The number of methoxy groups -OCH3 is 1. The van der Waals surface area contributed by atoms with Gasteiger partial charge in [0.2, 0.25) is 15.9 Å². The van der Waals surface area contributed by atoms with E-state index >= 15 is 0 Å². The second-order valence-corrected chi connectivity index (χ2v) is 9.10. The Balaban J connectivity index is 1.36. The highest BCUT2D eigenvalue weighted by Gasteiger charge is 2.31. The Labute approximate surface area is 205 Å². The maximum Gasteiger partial charge on any atom is 0.286 e. The van der Waals surface area contributed by atoms with Gasteiger partial charge in [-0.1, -0.05) is 22.9 Å². The van der Waals surface area contributed by atoms with Gasteiger partial charge in [-0.05, 0) is 61.4 Å². The minimum Gasteiger partial charge on any atom is -0.497 e. The quantitative estimate of drug-likeness (QED) is 0.531. The van der Waals surface area contributed by atoms with Crippen LogP contribution in [-0.2, 0) is 4.79 Å². The number of aromatic nitrogens is 2. The zero-order valence-electron chi connectivity index (χ0n) is 18.3. The standard InChI is InChI=1S/C23H22ClN5O4S/c1-33-18-10-8-17(9-11-18)25-19(30)14-3-2-12-29(13-14)23(32)22-28-27-21(34-22)20(31)26-16-6-4-15(24)5-7-16/h4-11,14H,2-3,12-13H2,1H3,(H,25,30)(H,26,31)/t14-/m1/s1. The Morgan fingerprint density at radius 1 is 1.00 bits per heavy atom. The molecule has 34 heavy (non-hydrogen) atoms. The van der Waals surface area contributed by atoms with Crippen LogP contribution in [0.2, 0.25) is 5.02 Å². The Morgan fingerprint density at radius 3 is 2.35 bits per heavy atom. The average Bonchev–Trinajstić information content (AvgIpc) is 3.36. The zero-order valence-corrected chi connectivity index (χ0v) is 19.9. The number of halogens is 1. The van der Waals surface area contributed by atoms with Gasteiger partial charge in [0, 0.05) is 29.5 Å². The van der Waals surface area contributed by atoms with Gasteiger partial charge >= 0.3 is 0 Å². The van der Waals surface area contributed by atoms with Crippen molar-refractivity contribution in [3.05, 3.63) is 63.6 Å². The monoisotopic (exact) mass is 499 g/mol. The van der Waals surface area contributed by atoms with Crippen molar-refractivity contribution in [2.75, 3.05) is 30.8 Å². The molecule has 0 spiro atoms. The van der Waals surface area contributed by atoms with E-state index in [1.165, 1.54) is 0 Å². The molecule has 176 valence electrons. The normalized spacial score (nSPS) is 15.5. The number of hydrogen-bond acceptors (Lipinski definition) is 7. The van der Waals surface area contributed by atoms with E-state index in [1.807, 2.05) is 0 Å². The van der Waals surface area contributed by atoms with Gasteiger partial charge in [0.1, 0.15) is 5.75 Å². The van der Waals surface area contributed by atoms with Crippen LogP contribution in [0.1, 0.15) is 32.4 Å². The molecule has 3 amide bonds. The molecule has 11 heteroatoms. The van der Waals surface area contributed by atoms with Gasteiger partial charge in [-0.2, -0.15) is 0 Å². The average molecular weight is 500 g/mol. The van der Waals surface area contributed by atoms with Crippen molar-refractivity contribution >= 4 is 52.0 Å². The molecule has 0 saturated carbocycles. The molecule has 0 aliphatic carbocycles. The first kappa shape index (κ1) is 23.7. The third kappa shape index (κ3) is 5.70. The molecule has 1 aliphatic rings. The molecule has 9 nitrogen and oxygen atoms in total. The fourth-order valence-corrected chi connectivity index (χ4v) is 4.38. The molecule has 0 radical (unpaired) electrons. The molecule has 3 aromatic rings. The lowest BCUT2D eigenvalue weighted by molar-refractivity contribution is -0.121. The van der Waals surface area contributed by atoms with Crippen LogP contribution in [0.15, 0.2) is 48.5 Å². The van der Waals surface area contributed by atoms with E-state index in [9.17, 15) is 14.4 Å². The van der Waals surface area contributed by atoms with Crippen LogP contribution in [0.4, 0.5) is 11.4 Å². The minimum absolute atomic E-state index is 0.0732. The summed E-state index contributed by atoms with van der Waals surface area (Å²) in [6.45, 7) is 0.781. The van der Waals surface area contributed by atoms with Crippen molar-refractivity contribution in [2.24, 2.45) is 5.92 Å². The maximum atomic E-state index is 13.0. The fourth-order valence-electron chi connectivity index (χ4n) is 3.55. The highest BCUT2D eigenvalue weighted by Crippen LogP contribution is 2.23. The van der Waals surface area contributed by atoms with Gasteiger partial charge in [-0.25, -0.2) is 0 Å². The van der Waals surface area contributed by atoms with E-state index in [4.69, 9.17) is 16.3 Å². The molecule has 4 rings (SSSR count). The van der Waals surface area contributed by atoms with Crippen LogP contribution < -0.4 is 15.4 Å². The molecular formula is C23H22ClN5O4S. The predicted octanol–water partition coefficient (Wildman–Crippen LogP) is 3.94. The number of rotatable bonds is 6. The zero-order chi connectivity index (χ0) is 24.1. The molecule has 0 unspecified atom stereocenters. The van der Waals surface area contributed by atoms with Crippen LogP contribution in [0.5, 0.6) is 5.75 Å². The van der Waals surface area contributed by atoms with Crippen molar-refractivity contribution in [1.82, 2.24) is 15.1 Å². The Bertz CT molecular complexity index is 1180. The van der Waals surface area contributed by atoms with Gasteiger partial charge in [0.25, 0.3) is 11.8 Å². The molecule has 1 aliphatic heterocycles. The number of nitrogens with one attached hydrogen (secondary N) is 2. The van der Waals surface area contributed by atoms with E-state index < -0.39 is 5.91 Å². The van der Waals surface area contributed by atoms with Crippen LogP contribution in [0.3, 0.4) is 0 Å². The second-order valence-electron chi connectivity index (χ2n) is 7.68. The summed E-state index contributed by atoms with van der Waals surface area (Å²) < 4.78 is 5.13. The number of anilines is 2. The molecule has 1 aromatic heterocycles. The van der Waals surface area contributed by atoms with E-state index in [0.29, 0.717) is 41.5 Å². The third-order valence-corrected chi connectivity index (χ3v) is 6.50. The second kappa shape index (κ2) is 10.6. The first-order valence-electron chi connectivity index (χ1n) is 10.6. The largest absolute Gasteiger partial charge is 0.497 e. The van der Waals surface area contributed by atoms with Gasteiger partial charge in [-0.15, -0.1) is 10.2 Å². The van der Waals surface area contributed by atoms with Crippen molar-refractivity contribution in [2.45, 2.75) is 12.8 Å². The van der Waals surface area contributed by atoms with Gasteiger partial charge in [0.15, 0.2) is 0 Å². The van der Waals surface area contributed by atoms with Crippen LogP contribution in [0, 0.1) is 5.92 Å². The molecule has 1 saturated heterocycles. The maximum absolute atomic E-state index is 13.0. The predicted molar refractivity (Wildman–Crippen MR) is 130 cm³/mol. The number of ether oxygens (including phenoxy) is 1. The molecular weight excluding hydrogens is 478 g/mol. The SMILES string of the molecule is COc1ccc(NC(=O)[C@@H]2CCCN(C(=O)c3nnc(C(=O)Nc4ccc(Cl)cc4)s3)C2)cc1. The lowest BCUT2D eigenvalue weighted by Crippen LogP contribution is -2.43. The number of benzene rings is 2. The summed E-state index contributed by atoms with van der Waals surface area (Å²) in [5.41, 5.74) is 1.22. The summed E-state index contributed by atoms with van der Waals surface area (Å²) in [7, 11) is 1.58. The molecule has 2 aromatic carbocycles. The first-order chi connectivity index (χ1) is 16.4. The summed E-state index contributed by atoms with van der Waals surface area (Å²) in [6, 6.07) is 13.7.